The molecule has 1 saturated carbocycles. The highest BCUT2D eigenvalue weighted by atomic mass is 16.1. The lowest BCUT2D eigenvalue weighted by atomic mass is 9.78. The molecule has 0 amide bonds. The van der Waals surface area contributed by atoms with Crippen molar-refractivity contribution >= 4 is 5.82 Å². The van der Waals surface area contributed by atoms with Crippen molar-refractivity contribution in [1.82, 2.24) is 9.97 Å². The normalized spacial score (nSPS) is 23.1. The molecule has 0 unspecified atom stereocenters. The Kier molecular flexibility index (Phi) is 1.84. The maximum atomic E-state index is 11.5. The second kappa shape index (κ2) is 3.08. The summed E-state index contributed by atoms with van der Waals surface area (Å²) in [6.07, 6.45) is 8.59. The molecule has 4 heteroatoms. The molecule has 2 aliphatic rings. The number of anilines is 1. The molecule has 0 atom stereocenters. The topological polar surface area (TPSA) is 49.0 Å². The Morgan fingerprint density at radius 2 is 2.07 bits per heavy atom. The van der Waals surface area contributed by atoms with Gasteiger partial charge >= 0.3 is 0 Å². The first-order valence-electron chi connectivity index (χ1n) is 5.58. The average Bonchev–Trinajstić information content (AvgIpc) is 2.65. The summed E-state index contributed by atoms with van der Waals surface area (Å²) in [5.74, 6) is 0.593. The van der Waals surface area contributed by atoms with E-state index in [4.69, 9.17) is 0 Å². The van der Waals surface area contributed by atoms with Crippen LogP contribution in [0.4, 0.5) is 5.82 Å². The molecule has 0 radical (unpaired) electrons. The zero-order valence-electron chi connectivity index (χ0n) is 8.70. The Morgan fingerprint density at radius 1 is 1.33 bits per heavy atom. The monoisotopic (exact) mass is 205 g/mol. The number of nitrogens with one attached hydrogen (secondary N) is 1. The lowest BCUT2D eigenvalue weighted by Gasteiger charge is -2.48. The third-order valence-electron chi connectivity index (χ3n) is 3.71. The molecule has 2 heterocycles. The second-order valence-electron chi connectivity index (χ2n) is 4.81. The summed E-state index contributed by atoms with van der Waals surface area (Å²) in [6, 6.07) is 0. The molecule has 2 fully saturated rings. The van der Waals surface area contributed by atoms with Crippen molar-refractivity contribution in [3.8, 4) is 0 Å². The van der Waals surface area contributed by atoms with Crippen LogP contribution in [0, 0.1) is 5.41 Å². The first kappa shape index (κ1) is 8.95. The molecule has 80 valence electrons. The van der Waals surface area contributed by atoms with E-state index in [0.717, 1.165) is 13.1 Å². The number of aromatic nitrogens is 2. The van der Waals surface area contributed by atoms with Crippen molar-refractivity contribution in [3.63, 3.8) is 0 Å². The third-order valence-corrected chi connectivity index (χ3v) is 3.71. The Morgan fingerprint density at radius 3 is 2.73 bits per heavy atom. The minimum Gasteiger partial charge on any atom is -0.351 e. The molecule has 0 aromatic carbocycles. The highest BCUT2D eigenvalue weighted by Crippen LogP contribution is 2.45. The van der Waals surface area contributed by atoms with Crippen molar-refractivity contribution in [3.05, 3.63) is 22.7 Å². The Labute approximate surface area is 88.3 Å². The van der Waals surface area contributed by atoms with Gasteiger partial charge in [0, 0.05) is 30.9 Å². The van der Waals surface area contributed by atoms with Gasteiger partial charge in [-0.2, -0.15) is 0 Å². The second-order valence-corrected chi connectivity index (χ2v) is 4.81. The summed E-state index contributed by atoms with van der Waals surface area (Å²) in [5, 5.41) is 0. The number of rotatable bonds is 1. The van der Waals surface area contributed by atoms with Crippen LogP contribution in [-0.4, -0.2) is 23.1 Å². The van der Waals surface area contributed by atoms with Crippen molar-refractivity contribution < 1.29 is 0 Å². The van der Waals surface area contributed by atoms with E-state index in [9.17, 15) is 4.79 Å². The van der Waals surface area contributed by atoms with Gasteiger partial charge in [0.1, 0.15) is 0 Å². The molecule has 1 saturated heterocycles. The van der Waals surface area contributed by atoms with Crippen LogP contribution < -0.4 is 10.5 Å². The number of hydrogen-bond acceptors (Lipinski definition) is 3. The van der Waals surface area contributed by atoms with Gasteiger partial charge in [-0.1, -0.05) is 12.8 Å². The summed E-state index contributed by atoms with van der Waals surface area (Å²) < 4.78 is 0. The van der Waals surface area contributed by atoms with Gasteiger partial charge in [-0.25, -0.2) is 4.98 Å². The zero-order chi connectivity index (χ0) is 10.3. The van der Waals surface area contributed by atoms with Gasteiger partial charge in [0.2, 0.25) is 0 Å². The fourth-order valence-corrected chi connectivity index (χ4v) is 2.92. The van der Waals surface area contributed by atoms with Gasteiger partial charge in [0.25, 0.3) is 5.56 Å². The van der Waals surface area contributed by atoms with Gasteiger partial charge in [0.05, 0.1) is 0 Å². The highest BCUT2D eigenvalue weighted by molar-refractivity contribution is 5.40. The van der Waals surface area contributed by atoms with E-state index < -0.39 is 0 Å². The Hall–Kier alpha value is -1.32. The zero-order valence-corrected chi connectivity index (χ0v) is 8.70. The predicted molar refractivity (Wildman–Crippen MR) is 58.0 cm³/mol. The standard InChI is InChI=1S/C11H15N3O/c15-10-9(12-5-6-13-10)14-7-11(8-14)3-1-2-4-11/h5-6H,1-4,7-8H2,(H,13,15). The van der Waals surface area contributed by atoms with Gasteiger partial charge in [-0.3, -0.25) is 4.79 Å². The Bertz CT molecular complexity index is 412. The third kappa shape index (κ3) is 1.35. The molecule has 1 aliphatic heterocycles. The van der Waals surface area contributed by atoms with Crippen LogP contribution in [0.2, 0.25) is 0 Å². The van der Waals surface area contributed by atoms with Crippen LogP contribution >= 0.6 is 0 Å². The minimum atomic E-state index is -0.0645. The molecule has 1 aromatic rings. The van der Waals surface area contributed by atoms with E-state index in [1.165, 1.54) is 25.7 Å². The van der Waals surface area contributed by atoms with Crippen molar-refractivity contribution in [1.29, 1.82) is 0 Å². The number of aromatic amines is 1. The van der Waals surface area contributed by atoms with Crippen LogP contribution in [0.5, 0.6) is 0 Å². The molecule has 1 spiro atoms. The largest absolute Gasteiger partial charge is 0.351 e. The van der Waals surface area contributed by atoms with E-state index in [-0.39, 0.29) is 5.56 Å². The molecule has 1 N–H and O–H groups in total. The minimum absolute atomic E-state index is 0.0645. The van der Waals surface area contributed by atoms with Crippen molar-refractivity contribution in [2.45, 2.75) is 25.7 Å². The smallest absolute Gasteiger partial charge is 0.290 e. The fraction of sp³-hybridized carbons (Fsp3) is 0.636. The lowest BCUT2D eigenvalue weighted by molar-refractivity contribution is 0.220. The van der Waals surface area contributed by atoms with Gasteiger partial charge in [-0.15, -0.1) is 0 Å². The average molecular weight is 205 g/mol. The molecule has 1 aliphatic carbocycles. The highest BCUT2D eigenvalue weighted by Gasteiger charge is 2.45. The Balaban J connectivity index is 1.77. The lowest BCUT2D eigenvalue weighted by Crippen LogP contribution is -2.56. The predicted octanol–water partition coefficient (Wildman–Crippen LogP) is 1.15. The summed E-state index contributed by atoms with van der Waals surface area (Å²) in [4.78, 5) is 20.4. The molecular formula is C11H15N3O. The molecule has 1 aromatic heterocycles. The number of hydrogen-bond donors (Lipinski definition) is 1. The van der Waals surface area contributed by atoms with E-state index in [2.05, 4.69) is 14.9 Å². The van der Waals surface area contributed by atoms with E-state index in [0.29, 0.717) is 11.2 Å². The van der Waals surface area contributed by atoms with Gasteiger partial charge < -0.3 is 9.88 Å². The molecule has 4 nitrogen and oxygen atoms in total. The summed E-state index contributed by atoms with van der Waals surface area (Å²) in [7, 11) is 0. The fourth-order valence-electron chi connectivity index (χ4n) is 2.92. The molecular weight excluding hydrogens is 190 g/mol. The molecule has 3 rings (SSSR count). The SMILES string of the molecule is O=c1[nH]ccnc1N1CC2(CCCC2)C1. The summed E-state index contributed by atoms with van der Waals surface area (Å²) in [5.41, 5.74) is 0.453. The first-order chi connectivity index (χ1) is 7.29. The van der Waals surface area contributed by atoms with Crippen LogP contribution in [0.3, 0.4) is 0 Å². The quantitative estimate of drug-likeness (QED) is 0.748. The van der Waals surface area contributed by atoms with Crippen LogP contribution in [0.1, 0.15) is 25.7 Å². The number of nitrogens with zero attached hydrogens (tertiary/aromatic N) is 2. The van der Waals surface area contributed by atoms with Crippen LogP contribution in [0.15, 0.2) is 17.2 Å². The van der Waals surface area contributed by atoms with Crippen molar-refractivity contribution in [2.75, 3.05) is 18.0 Å². The van der Waals surface area contributed by atoms with Gasteiger partial charge in [-0.05, 0) is 12.8 Å². The molecule has 15 heavy (non-hydrogen) atoms. The van der Waals surface area contributed by atoms with E-state index in [1.54, 1.807) is 12.4 Å². The summed E-state index contributed by atoms with van der Waals surface area (Å²) in [6.45, 7) is 2.04. The van der Waals surface area contributed by atoms with Crippen LogP contribution in [-0.2, 0) is 0 Å². The maximum absolute atomic E-state index is 11.5. The van der Waals surface area contributed by atoms with E-state index >= 15 is 0 Å². The van der Waals surface area contributed by atoms with Crippen molar-refractivity contribution in [2.24, 2.45) is 5.41 Å². The maximum Gasteiger partial charge on any atom is 0.290 e. The van der Waals surface area contributed by atoms with Gasteiger partial charge in [0.15, 0.2) is 5.82 Å². The molecule has 0 bridgehead atoms. The number of H-pyrrole nitrogens is 1. The van der Waals surface area contributed by atoms with Crippen LogP contribution in [0.25, 0.3) is 0 Å². The summed E-state index contributed by atoms with van der Waals surface area (Å²) >= 11 is 0. The van der Waals surface area contributed by atoms with E-state index in [1.807, 2.05) is 0 Å². The first-order valence-corrected chi connectivity index (χ1v) is 5.58.